The molecule has 0 aromatic carbocycles. The van der Waals surface area contributed by atoms with Crippen molar-refractivity contribution in [2.75, 3.05) is 6.54 Å². The van der Waals surface area contributed by atoms with Gasteiger partial charge in [0.2, 0.25) is 0 Å². The summed E-state index contributed by atoms with van der Waals surface area (Å²) >= 11 is 0. The van der Waals surface area contributed by atoms with Gasteiger partial charge >= 0.3 is 5.97 Å². The molecule has 1 aromatic rings. The number of hydrogen-bond acceptors (Lipinski definition) is 4. The van der Waals surface area contributed by atoms with E-state index in [1.165, 1.54) is 32.2 Å². The molecule has 0 bridgehead atoms. The number of rotatable bonds is 4. The number of nitrogens with one attached hydrogen (secondary N) is 1. The predicted octanol–water partition coefficient (Wildman–Crippen LogP) is 0.280. The van der Waals surface area contributed by atoms with Crippen LogP contribution in [0.1, 0.15) is 34.7 Å². The van der Waals surface area contributed by atoms with Gasteiger partial charge in [-0.15, -0.1) is 0 Å². The average molecular weight is 238 g/mol. The number of aliphatic hydroxyl groups is 1. The number of carbonyl (C=O) groups is 2. The second-order valence-electron chi connectivity index (χ2n) is 4.20. The highest BCUT2D eigenvalue weighted by atomic mass is 16.4. The first-order chi connectivity index (χ1) is 7.81. The summed E-state index contributed by atoms with van der Waals surface area (Å²) in [5.74, 6) is -1.84. The highest BCUT2D eigenvalue weighted by Gasteiger charge is 2.20. The highest BCUT2D eigenvalue weighted by molar-refractivity contribution is 6.03. The lowest BCUT2D eigenvalue weighted by molar-refractivity contribution is 0.0670. The van der Waals surface area contributed by atoms with E-state index in [-0.39, 0.29) is 17.8 Å². The molecule has 0 unspecified atom stereocenters. The summed E-state index contributed by atoms with van der Waals surface area (Å²) in [6, 6.07) is 2.74. The van der Waals surface area contributed by atoms with Gasteiger partial charge < -0.3 is 15.5 Å². The van der Waals surface area contributed by atoms with E-state index in [4.69, 9.17) is 5.11 Å². The van der Waals surface area contributed by atoms with Crippen molar-refractivity contribution in [1.82, 2.24) is 10.3 Å². The molecule has 0 aliphatic rings. The molecule has 92 valence electrons. The average Bonchev–Trinajstić information content (AvgIpc) is 2.25. The SMILES string of the molecule is CC(C)(O)CNC(=O)c1ncccc1C(=O)O. The number of pyridine rings is 1. The molecule has 3 N–H and O–H groups in total. The van der Waals surface area contributed by atoms with E-state index in [0.717, 1.165) is 0 Å². The van der Waals surface area contributed by atoms with Gasteiger partial charge in [-0.1, -0.05) is 0 Å². The molecule has 1 aromatic heterocycles. The molecular weight excluding hydrogens is 224 g/mol. The third-order valence-corrected chi connectivity index (χ3v) is 1.93. The molecule has 0 saturated heterocycles. The Labute approximate surface area is 98.3 Å². The van der Waals surface area contributed by atoms with Crippen LogP contribution in [0.15, 0.2) is 18.3 Å². The van der Waals surface area contributed by atoms with E-state index >= 15 is 0 Å². The Morgan fingerprint density at radius 3 is 2.65 bits per heavy atom. The van der Waals surface area contributed by atoms with Crippen LogP contribution in [0.4, 0.5) is 0 Å². The molecule has 0 fully saturated rings. The Kier molecular flexibility index (Phi) is 3.80. The first kappa shape index (κ1) is 13.1. The van der Waals surface area contributed by atoms with Crippen molar-refractivity contribution < 1.29 is 19.8 Å². The van der Waals surface area contributed by atoms with E-state index in [9.17, 15) is 14.7 Å². The molecule has 6 heteroatoms. The van der Waals surface area contributed by atoms with Gasteiger partial charge in [-0.05, 0) is 26.0 Å². The first-order valence-corrected chi connectivity index (χ1v) is 5.00. The Bertz CT molecular complexity index is 437. The Hall–Kier alpha value is -1.95. The third kappa shape index (κ3) is 3.84. The van der Waals surface area contributed by atoms with Crippen LogP contribution in [0, 0.1) is 0 Å². The molecule has 0 saturated carbocycles. The summed E-state index contributed by atoms with van der Waals surface area (Å²) in [7, 11) is 0. The molecule has 6 nitrogen and oxygen atoms in total. The Balaban J connectivity index is 2.86. The molecule has 1 heterocycles. The van der Waals surface area contributed by atoms with Crippen molar-refractivity contribution in [2.45, 2.75) is 19.4 Å². The van der Waals surface area contributed by atoms with Crippen molar-refractivity contribution >= 4 is 11.9 Å². The lowest BCUT2D eigenvalue weighted by atomic mass is 10.1. The van der Waals surface area contributed by atoms with Crippen molar-refractivity contribution in [3.05, 3.63) is 29.6 Å². The summed E-state index contributed by atoms with van der Waals surface area (Å²) in [6.45, 7) is 3.08. The minimum Gasteiger partial charge on any atom is -0.478 e. The van der Waals surface area contributed by atoms with Gasteiger partial charge in [-0.25, -0.2) is 4.79 Å². The van der Waals surface area contributed by atoms with Crippen LogP contribution >= 0.6 is 0 Å². The van der Waals surface area contributed by atoms with Gasteiger partial charge in [0.25, 0.3) is 5.91 Å². The fraction of sp³-hybridized carbons (Fsp3) is 0.364. The topological polar surface area (TPSA) is 99.5 Å². The number of aromatic nitrogens is 1. The van der Waals surface area contributed by atoms with Gasteiger partial charge in [-0.3, -0.25) is 9.78 Å². The van der Waals surface area contributed by atoms with E-state index in [2.05, 4.69) is 10.3 Å². The van der Waals surface area contributed by atoms with Gasteiger partial charge in [0.15, 0.2) is 0 Å². The highest BCUT2D eigenvalue weighted by Crippen LogP contribution is 2.06. The van der Waals surface area contributed by atoms with Crippen LogP contribution in [0.3, 0.4) is 0 Å². The minimum atomic E-state index is -1.22. The lowest BCUT2D eigenvalue weighted by Crippen LogP contribution is -2.39. The summed E-state index contributed by atoms with van der Waals surface area (Å²) in [6.07, 6.45) is 1.34. The van der Waals surface area contributed by atoms with Crippen molar-refractivity contribution in [2.24, 2.45) is 0 Å². The van der Waals surface area contributed by atoms with Crippen LogP contribution in [0.25, 0.3) is 0 Å². The fourth-order valence-electron chi connectivity index (χ4n) is 1.14. The quantitative estimate of drug-likeness (QED) is 0.699. The standard InChI is InChI=1S/C11H14N2O4/c1-11(2,17)6-13-9(14)8-7(10(15)16)4-3-5-12-8/h3-5,17H,6H2,1-2H3,(H,13,14)(H,15,16). The summed E-state index contributed by atoms with van der Waals surface area (Å²) < 4.78 is 0. The van der Waals surface area contributed by atoms with E-state index in [0.29, 0.717) is 0 Å². The number of amides is 1. The van der Waals surface area contributed by atoms with Crippen LogP contribution in [-0.2, 0) is 0 Å². The monoisotopic (exact) mass is 238 g/mol. The number of carboxylic acid groups (broad SMARTS) is 1. The van der Waals surface area contributed by atoms with Crippen molar-refractivity contribution in [3.63, 3.8) is 0 Å². The number of aromatic carboxylic acids is 1. The van der Waals surface area contributed by atoms with Crippen LogP contribution in [-0.4, -0.2) is 39.2 Å². The Morgan fingerprint density at radius 1 is 1.47 bits per heavy atom. The van der Waals surface area contributed by atoms with E-state index in [1.807, 2.05) is 0 Å². The second kappa shape index (κ2) is 4.92. The largest absolute Gasteiger partial charge is 0.478 e. The molecule has 0 spiro atoms. The molecule has 1 rings (SSSR count). The van der Waals surface area contributed by atoms with Crippen molar-refractivity contribution in [3.8, 4) is 0 Å². The maximum Gasteiger partial charge on any atom is 0.338 e. The zero-order chi connectivity index (χ0) is 13.1. The van der Waals surface area contributed by atoms with Crippen molar-refractivity contribution in [1.29, 1.82) is 0 Å². The van der Waals surface area contributed by atoms with E-state index < -0.39 is 17.5 Å². The van der Waals surface area contributed by atoms with Crippen LogP contribution in [0.5, 0.6) is 0 Å². The normalized spacial score (nSPS) is 11.0. The molecule has 1 amide bonds. The molecule has 0 aliphatic carbocycles. The van der Waals surface area contributed by atoms with Gasteiger partial charge in [0, 0.05) is 12.7 Å². The minimum absolute atomic E-state index is 0.0153. The molecule has 17 heavy (non-hydrogen) atoms. The zero-order valence-electron chi connectivity index (χ0n) is 9.60. The maximum atomic E-state index is 11.7. The Morgan fingerprint density at radius 2 is 2.12 bits per heavy atom. The second-order valence-corrected chi connectivity index (χ2v) is 4.20. The van der Waals surface area contributed by atoms with Crippen LogP contribution < -0.4 is 5.32 Å². The zero-order valence-corrected chi connectivity index (χ0v) is 9.60. The number of nitrogens with zero attached hydrogens (tertiary/aromatic N) is 1. The summed E-state index contributed by atoms with van der Waals surface area (Å²) in [5.41, 5.74) is -1.39. The third-order valence-electron chi connectivity index (χ3n) is 1.93. The number of carbonyl (C=O) groups excluding carboxylic acids is 1. The molecule has 0 atom stereocenters. The first-order valence-electron chi connectivity index (χ1n) is 5.00. The van der Waals surface area contributed by atoms with E-state index in [1.54, 1.807) is 0 Å². The molecule has 0 radical (unpaired) electrons. The van der Waals surface area contributed by atoms with Gasteiger partial charge in [-0.2, -0.15) is 0 Å². The molecular formula is C11H14N2O4. The lowest BCUT2D eigenvalue weighted by Gasteiger charge is -2.17. The smallest absolute Gasteiger partial charge is 0.338 e. The predicted molar refractivity (Wildman–Crippen MR) is 59.8 cm³/mol. The molecule has 0 aliphatic heterocycles. The number of carboxylic acids is 1. The summed E-state index contributed by atoms with van der Waals surface area (Å²) in [5, 5.41) is 20.7. The fourth-order valence-corrected chi connectivity index (χ4v) is 1.14. The van der Waals surface area contributed by atoms with Crippen LogP contribution in [0.2, 0.25) is 0 Å². The van der Waals surface area contributed by atoms with Gasteiger partial charge in [0.05, 0.1) is 11.2 Å². The number of hydrogen-bond donors (Lipinski definition) is 3. The summed E-state index contributed by atoms with van der Waals surface area (Å²) in [4.78, 5) is 26.3. The maximum absolute atomic E-state index is 11.7. The van der Waals surface area contributed by atoms with Gasteiger partial charge in [0.1, 0.15) is 5.69 Å².